The largest absolute Gasteiger partial charge is 0.397 e. The Morgan fingerprint density at radius 1 is 1.35 bits per heavy atom. The summed E-state index contributed by atoms with van der Waals surface area (Å²) in [5.74, 6) is 0. The first-order valence-electron chi connectivity index (χ1n) is 5.69. The van der Waals surface area contributed by atoms with E-state index < -0.39 is 0 Å². The summed E-state index contributed by atoms with van der Waals surface area (Å²) in [4.78, 5) is 4.30. The van der Waals surface area contributed by atoms with Gasteiger partial charge in [-0.2, -0.15) is 0 Å². The Morgan fingerprint density at radius 3 is 2.94 bits per heavy atom. The maximum Gasteiger partial charge on any atom is 0.0951 e. The second-order valence-electron chi connectivity index (χ2n) is 4.26. The third kappa shape index (κ3) is 2.56. The van der Waals surface area contributed by atoms with Gasteiger partial charge in [0.15, 0.2) is 0 Å². The van der Waals surface area contributed by atoms with Crippen molar-refractivity contribution < 1.29 is 0 Å². The average molecular weight is 227 g/mol. The Kier molecular flexibility index (Phi) is 3.28. The molecule has 3 N–H and O–H groups in total. The normalized spacial score (nSPS) is 10.2. The molecule has 1 aromatic carbocycles. The van der Waals surface area contributed by atoms with E-state index in [4.69, 9.17) is 5.73 Å². The molecule has 0 bridgehead atoms. The van der Waals surface area contributed by atoms with Crippen molar-refractivity contribution in [3.8, 4) is 0 Å². The summed E-state index contributed by atoms with van der Waals surface area (Å²) in [6, 6.07) is 7.82. The molecule has 0 aliphatic rings. The Balaban J connectivity index is 2.35. The fraction of sp³-hybridized carbons (Fsp3) is 0.214. The predicted molar refractivity (Wildman–Crippen MR) is 74.1 cm³/mol. The molecule has 0 aliphatic carbocycles. The maximum absolute atomic E-state index is 5.90. The zero-order valence-electron chi connectivity index (χ0n) is 10.2. The highest BCUT2D eigenvalue weighted by molar-refractivity contribution is 5.97. The summed E-state index contributed by atoms with van der Waals surface area (Å²) in [5, 5.41) is 4.44. The van der Waals surface area contributed by atoms with E-state index in [0.717, 1.165) is 23.1 Å². The van der Waals surface area contributed by atoms with E-state index in [2.05, 4.69) is 30.2 Å². The zero-order valence-corrected chi connectivity index (χ0v) is 10.2. The lowest BCUT2D eigenvalue weighted by atomic mass is 10.1. The second-order valence-corrected chi connectivity index (χ2v) is 4.26. The second kappa shape index (κ2) is 4.87. The first kappa shape index (κ1) is 11.5. The van der Waals surface area contributed by atoms with Crippen molar-refractivity contribution in [3.05, 3.63) is 42.1 Å². The minimum absolute atomic E-state index is 0.716. The van der Waals surface area contributed by atoms with E-state index in [9.17, 15) is 0 Å². The minimum atomic E-state index is 0.716. The number of hydrogen-bond acceptors (Lipinski definition) is 3. The van der Waals surface area contributed by atoms with E-state index in [1.807, 2.05) is 24.3 Å². The highest BCUT2D eigenvalue weighted by Crippen LogP contribution is 2.25. The molecule has 0 atom stereocenters. The molecule has 3 heteroatoms. The molecule has 2 rings (SSSR count). The van der Waals surface area contributed by atoms with Gasteiger partial charge in [-0.3, -0.25) is 4.98 Å². The van der Waals surface area contributed by atoms with Gasteiger partial charge in [-0.05, 0) is 26.0 Å². The highest BCUT2D eigenvalue weighted by Gasteiger charge is 2.02. The van der Waals surface area contributed by atoms with Gasteiger partial charge in [0.1, 0.15) is 0 Å². The molecule has 3 nitrogen and oxygen atoms in total. The number of rotatable bonds is 3. The summed E-state index contributed by atoms with van der Waals surface area (Å²) in [6.07, 6.45) is 3.93. The molecule has 0 saturated heterocycles. The number of anilines is 2. The number of pyridine rings is 1. The number of hydrogen-bond donors (Lipinski definition) is 2. The fourth-order valence-electron chi connectivity index (χ4n) is 1.72. The van der Waals surface area contributed by atoms with Gasteiger partial charge in [0.2, 0.25) is 0 Å². The van der Waals surface area contributed by atoms with Crippen LogP contribution in [-0.4, -0.2) is 11.5 Å². The van der Waals surface area contributed by atoms with Crippen molar-refractivity contribution in [1.82, 2.24) is 4.98 Å². The van der Waals surface area contributed by atoms with Gasteiger partial charge < -0.3 is 11.1 Å². The summed E-state index contributed by atoms with van der Waals surface area (Å²) >= 11 is 0. The Morgan fingerprint density at radius 2 is 2.18 bits per heavy atom. The van der Waals surface area contributed by atoms with Gasteiger partial charge in [0.25, 0.3) is 0 Å². The number of benzene rings is 1. The van der Waals surface area contributed by atoms with Crippen LogP contribution in [0.1, 0.15) is 13.8 Å². The van der Waals surface area contributed by atoms with Gasteiger partial charge >= 0.3 is 0 Å². The number of nitrogen functional groups attached to an aromatic ring is 1. The van der Waals surface area contributed by atoms with E-state index in [-0.39, 0.29) is 0 Å². The molecule has 1 heterocycles. The lowest BCUT2D eigenvalue weighted by Crippen LogP contribution is -2.00. The lowest BCUT2D eigenvalue weighted by Gasteiger charge is -2.08. The van der Waals surface area contributed by atoms with Gasteiger partial charge in [-0.1, -0.05) is 23.8 Å². The first-order valence-corrected chi connectivity index (χ1v) is 5.69. The molecule has 0 radical (unpaired) electrons. The molecular formula is C14H17N3. The average Bonchev–Trinajstić information content (AvgIpc) is 2.30. The predicted octanol–water partition coefficient (Wildman–Crippen LogP) is 3.20. The highest BCUT2D eigenvalue weighted by atomic mass is 14.9. The van der Waals surface area contributed by atoms with E-state index in [0.29, 0.717) is 5.69 Å². The number of nitrogens with zero attached hydrogens (tertiary/aromatic N) is 1. The molecule has 0 unspecified atom stereocenters. The molecule has 0 aliphatic heterocycles. The third-order valence-corrected chi connectivity index (χ3v) is 2.61. The van der Waals surface area contributed by atoms with Crippen molar-refractivity contribution >= 4 is 22.3 Å². The SMILES string of the molecule is CC(C)=CCNc1ccnc2c(N)cccc12. The Bertz CT molecular complexity index is 554. The monoisotopic (exact) mass is 227 g/mol. The molecule has 88 valence electrons. The molecule has 0 spiro atoms. The van der Waals surface area contributed by atoms with Crippen molar-refractivity contribution in [2.45, 2.75) is 13.8 Å². The van der Waals surface area contributed by atoms with Crippen LogP contribution in [0.4, 0.5) is 11.4 Å². The Hall–Kier alpha value is -2.03. The van der Waals surface area contributed by atoms with Crippen molar-refractivity contribution in [2.75, 3.05) is 17.6 Å². The summed E-state index contributed by atoms with van der Waals surface area (Å²) in [7, 11) is 0. The number of aromatic nitrogens is 1. The van der Waals surface area contributed by atoms with Gasteiger partial charge in [0, 0.05) is 23.8 Å². The summed E-state index contributed by atoms with van der Waals surface area (Å²) in [5.41, 5.74) is 9.84. The quantitative estimate of drug-likeness (QED) is 0.625. The lowest BCUT2D eigenvalue weighted by molar-refractivity contribution is 1.26. The molecular weight excluding hydrogens is 210 g/mol. The molecule has 1 aromatic heterocycles. The summed E-state index contributed by atoms with van der Waals surface area (Å²) in [6.45, 7) is 4.99. The first-order chi connectivity index (χ1) is 8.18. The molecule has 17 heavy (non-hydrogen) atoms. The van der Waals surface area contributed by atoms with Crippen molar-refractivity contribution in [3.63, 3.8) is 0 Å². The van der Waals surface area contributed by atoms with E-state index in [1.54, 1.807) is 6.20 Å². The number of nitrogens with two attached hydrogens (primary N) is 1. The standard InChI is InChI=1S/C14H17N3/c1-10(2)6-8-16-13-7-9-17-14-11(13)4-3-5-12(14)15/h3-7,9H,8,15H2,1-2H3,(H,16,17). The van der Waals surface area contributed by atoms with Crippen LogP contribution >= 0.6 is 0 Å². The number of nitrogens with one attached hydrogen (secondary N) is 1. The van der Waals surface area contributed by atoms with Crippen LogP contribution in [-0.2, 0) is 0 Å². The van der Waals surface area contributed by atoms with Crippen LogP contribution in [0, 0.1) is 0 Å². The topological polar surface area (TPSA) is 50.9 Å². The van der Waals surface area contributed by atoms with Crippen LogP contribution in [0.15, 0.2) is 42.1 Å². The third-order valence-electron chi connectivity index (χ3n) is 2.61. The van der Waals surface area contributed by atoms with Gasteiger partial charge in [-0.15, -0.1) is 0 Å². The van der Waals surface area contributed by atoms with E-state index in [1.165, 1.54) is 5.57 Å². The maximum atomic E-state index is 5.90. The van der Waals surface area contributed by atoms with Crippen LogP contribution < -0.4 is 11.1 Å². The van der Waals surface area contributed by atoms with Crippen LogP contribution in [0.3, 0.4) is 0 Å². The number of allylic oxidation sites excluding steroid dienone is 1. The van der Waals surface area contributed by atoms with Crippen molar-refractivity contribution in [2.24, 2.45) is 0 Å². The van der Waals surface area contributed by atoms with Crippen LogP contribution in [0.2, 0.25) is 0 Å². The van der Waals surface area contributed by atoms with E-state index >= 15 is 0 Å². The zero-order chi connectivity index (χ0) is 12.3. The van der Waals surface area contributed by atoms with Gasteiger partial charge in [0.05, 0.1) is 11.2 Å². The molecule has 0 saturated carbocycles. The number of para-hydroxylation sites is 1. The molecule has 0 fully saturated rings. The van der Waals surface area contributed by atoms with Crippen LogP contribution in [0.5, 0.6) is 0 Å². The smallest absolute Gasteiger partial charge is 0.0951 e. The van der Waals surface area contributed by atoms with Crippen LogP contribution in [0.25, 0.3) is 10.9 Å². The fourth-order valence-corrected chi connectivity index (χ4v) is 1.72. The molecule has 0 amide bonds. The molecule has 2 aromatic rings. The number of fused-ring (bicyclic) bond motifs is 1. The summed E-state index contributed by atoms with van der Waals surface area (Å²) < 4.78 is 0. The Labute approximate surface area is 101 Å². The van der Waals surface area contributed by atoms with Crippen molar-refractivity contribution in [1.29, 1.82) is 0 Å². The van der Waals surface area contributed by atoms with Gasteiger partial charge in [-0.25, -0.2) is 0 Å². The minimum Gasteiger partial charge on any atom is -0.397 e.